The fourth-order valence-electron chi connectivity index (χ4n) is 3.69. The number of nitrogens with two attached hydrogens (primary N) is 2. The van der Waals surface area contributed by atoms with E-state index in [1.165, 1.54) is 11.8 Å². The third kappa shape index (κ3) is 8.36. The first-order chi connectivity index (χ1) is 15.0. The predicted octanol–water partition coefficient (Wildman–Crippen LogP) is -1.09. The Morgan fingerprint density at radius 2 is 1.75 bits per heavy atom. The molecule has 1 aliphatic rings. The van der Waals surface area contributed by atoms with Gasteiger partial charge < -0.3 is 37.2 Å². The summed E-state index contributed by atoms with van der Waals surface area (Å²) in [6.07, 6.45) is 1.70. The van der Waals surface area contributed by atoms with Gasteiger partial charge in [-0.1, -0.05) is 13.8 Å². The number of hydrogen-bond acceptors (Lipinski definition) is 7. The van der Waals surface area contributed by atoms with Crippen molar-refractivity contribution in [3.63, 3.8) is 0 Å². The summed E-state index contributed by atoms with van der Waals surface area (Å²) in [6.45, 7) is 5.94. The van der Waals surface area contributed by atoms with Crippen LogP contribution >= 0.6 is 0 Å². The number of aliphatic hydroxyl groups is 1. The highest BCUT2D eigenvalue weighted by Crippen LogP contribution is 2.19. The molecule has 11 nitrogen and oxygen atoms in total. The van der Waals surface area contributed by atoms with E-state index in [9.17, 15) is 29.4 Å². The average molecular weight is 458 g/mol. The summed E-state index contributed by atoms with van der Waals surface area (Å²) in [7, 11) is 0. The van der Waals surface area contributed by atoms with Crippen LogP contribution in [0.3, 0.4) is 0 Å². The molecule has 5 atom stereocenters. The molecule has 1 rings (SSSR count). The lowest BCUT2D eigenvalue weighted by atomic mass is 10.0. The minimum absolute atomic E-state index is 0.0524. The largest absolute Gasteiger partial charge is 0.480 e. The number of amides is 3. The Hall–Kier alpha value is -2.24. The average Bonchev–Trinajstić information content (AvgIpc) is 3.20. The van der Waals surface area contributed by atoms with Gasteiger partial charge in [-0.3, -0.25) is 14.4 Å². The monoisotopic (exact) mass is 457 g/mol. The van der Waals surface area contributed by atoms with Crippen LogP contribution in [-0.4, -0.2) is 82.2 Å². The maximum Gasteiger partial charge on any atom is 0.326 e. The molecule has 32 heavy (non-hydrogen) atoms. The number of carboxylic acids is 1. The van der Waals surface area contributed by atoms with Gasteiger partial charge in [0.15, 0.2) is 0 Å². The Morgan fingerprint density at radius 3 is 2.28 bits per heavy atom. The van der Waals surface area contributed by atoms with Crippen molar-refractivity contribution in [3.8, 4) is 0 Å². The van der Waals surface area contributed by atoms with E-state index in [2.05, 4.69) is 10.6 Å². The Morgan fingerprint density at radius 1 is 1.09 bits per heavy atom. The van der Waals surface area contributed by atoms with E-state index in [-0.39, 0.29) is 12.3 Å². The SMILES string of the molecule is CC(C)CC(NC(=O)C1CCCN1C(=O)C(N)C(C)O)C(=O)NC(CCCCN)C(=O)O. The lowest BCUT2D eigenvalue weighted by molar-refractivity contribution is -0.143. The summed E-state index contributed by atoms with van der Waals surface area (Å²) < 4.78 is 0. The second-order valence-electron chi connectivity index (χ2n) is 8.83. The highest BCUT2D eigenvalue weighted by Gasteiger charge is 2.38. The van der Waals surface area contributed by atoms with Gasteiger partial charge in [0.2, 0.25) is 17.7 Å². The standard InChI is InChI=1S/C21H39N5O6/c1-12(2)11-15(18(28)24-14(21(31)32)7-4-5-9-22)25-19(29)16-8-6-10-26(16)20(30)17(23)13(3)27/h12-17,27H,4-11,22-23H2,1-3H3,(H,24,28)(H,25,29)(H,31,32). The number of carboxylic acid groups (broad SMARTS) is 1. The fraction of sp³-hybridized carbons (Fsp3) is 0.810. The van der Waals surface area contributed by atoms with E-state index in [1.54, 1.807) is 0 Å². The molecule has 0 saturated carbocycles. The van der Waals surface area contributed by atoms with Crippen molar-refractivity contribution in [3.05, 3.63) is 0 Å². The molecule has 0 spiro atoms. The third-order valence-electron chi connectivity index (χ3n) is 5.54. The molecule has 11 heteroatoms. The molecule has 184 valence electrons. The molecule has 1 fully saturated rings. The Kier molecular flexibility index (Phi) is 11.6. The minimum Gasteiger partial charge on any atom is -0.480 e. The molecule has 0 aromatic carbocycles. The smallest absolute Gasteiger partial charge is 0.326 e. The Balaban J connectivity index is 2.88. The van der Waals surface area contributed by atoms with E-state index in [0.717, 1.165) is 0 Å². The van der Waals surface area contributed by atoms with Crippen molar-refractivity contribution < 1.29 is 29.4 Å². The van der Waals surface area contributed by atoms with Crippen molar-refractivity contribution in [1.82, 2.24) is 15.5 Å². The van der Waals surface area contributed by atoms with Crippen LogP contribution in [0.1, 0.15) is 59.3 Å². The number of aliphatic hydroxyl groups excluding tert-OH is 1. The molecule has 5 unspecified atom stereocenters. The molecule has 1 heterocycles. The van der Waals surface area contributed by atoms with Gasteiger partial charge in [-0.2, -0.15) is 0 Å². The lowest BCUT2D eigenvalue weighted by Gasteiger charge is -2.29. The van der Waals surface area contributed by atoms with Crippen LogP contribution < -0.4 is 22.1 Å². The van der Waals surface area contributed by atoms with Crippen LogP contribution in [-0.2, 0) is 19.2 Å². The number of carbonyl (C=O) groups excluding carboxylic acids is 3. The van der Waals surface area contributed by atoms with Crippen LogP contribution in [0.15, 0.2) is 0 Å². The molecule has 0 aliphatic carbocycles. The maximum absolute atomic E-state index is 13.0. The second-order valence-corrected chi connectivity index (χ2v) is 8.83. The maximum atomic E-state index is 13.0. The number of nitrogens with one attached hydrogen (secondary N) is 2. The summed E-state index contributed by atoms with van der Waals surface area (Å²) in [6, 6.07) is -3.95. The summed E-state index contributed by atoms with van der Waals surface area (Å²) in [5.74, 6) is -2.69. The van der Waals surface area contributed by atoms with Gasteiger partial charge >= 0.3 is 5.97 Å². The van der Waals surface area contributed by atoms with Crippen LogP contribution in [0.5, 0.6) is 0 Å². The van der Waals surface area contributed by atoms with Crippen molar-refractivity contribution in [2.75, 3.05) is 13.1 Å². The first-order valence-electron chi connectivity index (χ1n) is 11.3. The highest BCUT2D eigenvalue weighted by molar-refractivity contribution is 5.94. The number of rotatable bonds is 13. The number of likely N-dealkylation sites (tertiary alicyclic amines) is 1. The van der Waals surface area contributed by atoms with E-state index in [0.29, 0.717) is 45.2 Å². The number of carbonyl (C=O) groups is 4. The van der Waals surface area contributed by atoms with Gasteiger partial charge in [-0.05, 0) is 57.9 Å². The number of nitrogens with zero attached hydrogens (tertiary/aromatic N) is 1. The first-order valence-corrected chi connectivity index (χ1v) is 11.3. The summed E-state index contributed by atoms with van der Waals surface area (Å²) in [5, 5.41) is 24.3. The lowest BCUT2D eigenvalue weighted by Crippen LogP contribution is -2.57. The minimum atomic E-state index is -1.15. The molecule has 0 aromatic rings. The zero-order valence-electron chi connectivity index (χ0n) is 19.3. The molecule has 1 aliphatic heterocycles. The highest BCUT2D eigenvalue weighted by atomic mass is 16.4. The Bertz CT molecular complexity index is 657. The van der Waals surface area contributed by atoms with E-state index < -0.39 is 54.0 Å². The van der Waals surface area contributed by atoms with Crippen LogP contribution in [0.2, 0.25) is 0 Å². The Labute approximate surface area is 189 Å². The topological polar surface area (TPSA) is 188 Å². The fourth-order valence-corrected chi connectivity index (χ4v) is 3.69. The molecule has 0 bridgehead atoms. The molecule has 0 aromatic heterocycles. The molecule has 0 radical (unpaired) electrons. The van der Waals surface area contributed by atoms with Gasteiger partial charge in [0.05, 0.1) is 6.10 Å². The summed E-state index contributed by atoms with van der Waals surface area (Å²) in [4.78, 5) is 51.2. The normalized spacial score (nSPS) is 19.8. The van der Waals surface area contributed by atoms with Crippen LogP contribution in [0.4, 0.5) is 0 Å². The molecule has 1 saturated heterocycles. The van der Waals surface area contributed by atoms with Crippen molar-refractivity contribution >= 4 is 23.7 Å². The van der Waals surface area contributed by atoms with E-state index in [1.807, 2.05) is 13.8 Å². The van der Waals surface area contributed by atoms with Crippen molar-refractivity contribution in [2.45, 2.75) is 89.6 Å². The van der Waals surface area contributed by atoms with Crippen molar-refractivity contribution in [2.24, 2.45) is 17.4 Å². The van der Waals surface area contributed by atoms with Gasteiger partial charge in [-0.25, -0.2) is 4.79 Å². The van der Waals surface area contributed by atoms with Crippen LogP contribution in [0.25, 0.3) is 0 Å². The third-order valence-corrected chi connectivity index (χ3v) is 5.54. The van der Waals surface area contributed by atoms with Gasteiger partial charge in [-0.15, -0.1) is 0 Å². The predicted molar refractivity (Wildman–Crippen MR) is 118 cm³/mol. The number of aliphatic carboxylic acids is 1. The second kappa shape index (κ2) is 13.3. The quantitative estimate of drug-likeness (QED) is 0.188. The van der Waals surface area contributed by atoms with Gasteiger partial charge in [0, 0.05) is 6.54 Å². The zero-order valence-corrected chi connectivity index (χ0v) is 19.3. The van der Waals surface area contributed by atoms with Crippen LogP contribution in [0, 0.1) is 5.92 Å². The van der Waals surface area contributed by atoms with Gasteiger partial charge in [0.25, 0.3) is 0 Å². The van der Waals surface area contributed by atoms with Gasteiger partial charge in [0.1, 0.15) is 24.2 Å². The molecule has 3 amide bonds. The molecule has 8 N–H and O–H groups in total. The number of unbranched alkanes of at least 4 members (excludes halogenated alkanes) is 1. The molecular formula is C21H39N5O6. The number of hydrogen-bond donors (Lipinski definition) is 6. The summed E-state index contributed by atoms with van der Waals surface area (Å²) >= 11 is 0. The first kappa shape index (κ1) is 27.8. The van der Waals surface area contributed by atoms with E-state index >= 15 is 0 Å². The molecular weight excluding hydrogens is 418 g/mol. The van der Waals surface area contributed by atoms with Crippen molar-refractivity contribution in [1.29, 1.82) is 0 Å². The zero-order chi connectivity index (χ0) is 24.4. The summed E-state index contributed by atoms with van der Waals surface area (Å²) in [5.41, 5.74) is 11.2. The van der Waals surface area contributed by atoms with E-state index in [4.69, 9.17) is 11.5 Å².